The molecule has 6 heteroatoms. The molecule has 0 radical (unpaired) electrons. The van der Waals surface area contributed by atoms with Crippen molar-refractivity contribution in [3.05, 3.63) is 39.9 Å². The van der Waals surface area contributed by atoms with Crippen LogP contribution in [-0.2, 0) is 4.79 Å². The van der Waals surface area contributed by atoms with Gasteiger partial charge in [0.2, 0.25) is 0 Å². The number of ketones is 1. The summed E-state index contributed by atoms with van der Waals surface area (Å²) >= 11 is 12.0. The Balaban J connectivity index is 2.55. The van der Waals surface area contributed by atoms with Gasteiger partial charge in [0.25, 0.3) is 11.7 Å². The van der Waals surface area contributed by atoms with Crippen LogP contribution in [0.2, 0.25) is 10.0 Å². The molecule has 0 saturated carbocycles. The van der Waals surface area contributed by atoms with Crippen molar-refractivity contribution in [2.75, 3.05) is 18.0 Å². The molecule has 1 aromatic carbocycles. The van der Waals surface area contributed by atoms with Crippen LogP contribution in [0.3, 0.4) is 0 Å². The van der Waals surface area contributed by atoms with Crippen molar-refractivity contribution in [3.8, 4) is 0 Å². The van der Waals surface area contributed by atoms with Crippen LogP contribution in [0.1, 0.15) is 10.4 Å². The smallest absolute Gasteiger partial charge is 0.299 e. The lowest BCUT2D eigenvalue weighted by molar-refractivity contribution is -0.114. The number of rotatable bonds is 3. The van der Waals surface area contributed by atoms with E-state index in [1.165, 1.54) is 11.0 Å². The van der Waals surface area contributed by atoms with Crippen molar-refractivity contribution in [3.63, 3.8) is 0 Å². The van der Waals surface area contributed by atoms with Crippen molar-refractivity contribution in [2.45, 2.75) is 0 Å². The molecule has 0 aliphatic carbocycles. The van der Waals surface area contributed by atoms with E-state index < -0.39 is 11.7 Å². The van der Waals surface area contributed by atoms with E-state index >= 15 is 0 Å². The quantitative estimate of drug-likeness (QED) is 0.682. The molecule has 94 valence electrons. The normalized spacial score (nSPS) is 14.1. The summed E-state index contributed by atoms with van der Waals surface area (Å²) in [6.45, 7) is 4.10. The van der Waals surface area contributed by atoms with Gasteiger partial charge in [-0.3, -0.25) is 14.5 Å². The Morgan fingerprint density at radius 3 is 2.50 bits per heavy atom. The van der Waals surface area contributed by atoms with Gasteiger partial charge < -0.3 is 5.73 Å². The molecule has 2 N–H and O–H groups in total. The predicted molar refractivity (Wildman–Crippen MR) is 71.3 cm³/mol. The number of anilines is 1. The summed E-state index contributed by atoms with van der Waals surface area (Å²) in [6.07, 6.45) is 0. The van der Waals surface area contributed by atoms with Gasteiger partial charge in [0, 0.05) is 13.1 Å². The maximum atomic E-state index is 11.9. The van der Waals surface area contributed by atoms with Gasteiger partial charge in [-0.1, -0.05) is 29.8 Å². The molecule has 0 spiro atoms. The average Bonchev–Trinajstić information content (AvgIpc) is 2.60. The second kappa shape index (κ2) is 4.72. The number of fused-ring (bicyclic) bond motifs is 1. The molecule has 1 heterocycles. The molecule has 1 aliphatic heterocycles. The summed E-state index contributed by atoms with van der Waals surface area (Å²) in [6, 6.07) is 3.04. The third kappa shape index (κ3) is 1.92. The predicted octanol–water partition coefficient (Wildman–Crippen LogP) is 2.04. The molecule has 18 heavy (non-hydrogen) atoms. The molecular formula is C12H10Cl2N2O2. The Hall–Kier alpha value is -1.36. The highest BCUT2D eigenvalue weighted by Crippen LogP contribution is 2.40. The first kappa shape index (κ1) is 13.1. The third-order valence-corrected chi connectivity index (χ3v) is 3.30. The van der Waals surface area contributed by atoms with Gasteiger partial charge >= 0.3 is 0 Å². The summed E-state index contributed by atoms with van der Waals surface area (Å²) in [7, 11) is 0. The van der Waals surface area contributed by atoms with Crippen LogP contribution in [-0.4, -0.2) is 24.8 Å². The molecule has 1 amide bonds. The van der Waals surface area contributed by atoms with Crippen LogP contribution in [0.5, 0.6) is 0 Å². The Labute approximate surface area is 114 Å². The van der Waals surface area contributed by atoms with E-state index in [1.807, 2.05) is 0 Å². The van der Waals surface area contributed by atoms with Crippen molar-refractivity contribution in [2.24, 2.45) is 5.73 Å². The Morgan fingerprint density at radius 2 is 1.89 bits per heavy atom. The number of carbonyl (C=O) groups is 2. The van der Waals surface area contributed by atoms with Gasteiger partial charge in [-0.05, 0) is 17.7 Å². The molecule has 0 aromatic heterocycles. The molecular weight excluding hydrogens is 275 g/mol. The number of amides is 1. The topological polar surface area (TPSA) is 63.4 Å². The fraction of sp³-hybridized carbons (Fsp3) is 0.167. The fourth-order valence-electron chi connectivity index (χ4n) is 1.79. The number of hydrogen-bond donors (Lipinski definition) is 1. The zero-order valence-electron chi connectivity index (χ0n) is 9.37. The fourth-order valence-corrected chi connectivity index (χ4v) is 2.29. The minimum Gasteiger partial charge on any atom is -0.327 e. The number of halogens is 2. The third-order valence-electron chi connectivity index (χ3n) is 2.68. The SMILES string of the molecule is C=C(CN)CN1C(=O)C(=O)c2c(Cl)ccc(Cl)c21. The number of Topliss-reactive ketones (excluding diaryl/α,β-unsaturated/α-hetero) is 1. The lowest BCUT2D eigenvalue weighted by Crippen LogP contribution is -2.32. The molecule has 2 rings (SSSR count). The Morgan fingerprint density at radius 1 is 1.28 bits per heavy atom. The first-order chi connectivity index (χ1) is 8.47. The number of nitrogens with zero attached hydrogens (tertiary/aromatic N) is 1. The van der Waals surface area contributed by atoms with Crippen LogP contribution in [0.25, 0.3) is 0 Å². The summed E-state index contributed by atoms with van der Waals surface area (Å²) in [5.74, 6) is -1.31. The first-order valence-corrected chi connectivity index (χ1v) is 5.94. The molecule has 0 unspecified atom stereocenters. The van der Waals surface area contributed by atoms with E-state index in [2.05, 4.69) is 6.58 Å². The van der Waals surface area contributed by atoms with E-state index in [4.69, 9.17) is 28.9 Å². The lowest BCUT2D eigenvalue weighted by Gasteiger charge is -2.18. The van der Waals surface area contributed by atoms with Gasteiger partial charge in [-0.15, -0.1) is 0 Å². The number of hydrogen-bond acceptors (Lipinski definition) is 3. The van der Waals surface area contributed by atoms with Gasteiger partial charge in [-0.25, -0.2) is 0 Å². The summed E-state index contributed by atoms with van der Waals surface area (Å²) in [5.41, 5.74) is 6.56. The molecule has 0 bridgehead atoms. The van der Waals surface area contributed by atoms with E-state index in [0.29, 0.717) is 16.3 Å². The van der Waals surface area contributed by atoms with E-state index in [0.717, 1.165) is 0 Å². The van der Waals surface area contributed by atoms with Gasteiger partial charge in [0.15, 0.2) is 0 Å². The Bertz CT molecular complexity index is 569. The Kier molecular flexibility index (Phi) is 3.43. The van der Waals surface area contributed by atoms with Crippen LogP contribution < -0.4 is 10.6 Å². The van der Waals surface area contributed by atoms with Crippen LogP contribution in [0.15, 0.2) is 24.3 Å². The average molecular weight is 285 g/mol. The highest BCUT2D eigenvalue weighted by molar-refractivity contribution is 6.57. The molecule has 4 nitrogen and oxygen atoms in total. The highest BCUT2D eigenvalue weighted by atomic mass is 35.5. The standard InChI is InChI=1S/C12H10Cl2N2O2/c1-6(4-15)5-16-10-8(14)3-2-7(13)9(10)11(17)12(16)18/h2-3H,1,4-5,15H2. The van der Waals surface area contributed by atoms with E-state index in [-0.39, 0.29) is 23.7 Å². The van der Waals surface area contributed by atoms with Crippen molar-refractivity contribution < 1.29 is 9.59 Å². The van der Waals surface area contributed by atoms with Gasteiger partial charge in [0.05, 0.1) is 21.3 Å². The van der Waals surface area contributed by atoms with E-state index in [1.54, 1.807) is 6.07 Å². The van der Waals surface area contributed by atoms with E-state index in [9.17, 15) is 9.59 Å². The lowest BCUT2D eigenvalue weighted by atomic mass is 10.1. The maximum Gasteiger partial charge on any atom is 0.299 e. The number of benzene rings is 1. The van der Waals surface area contributed by atoms with Crippen LogP contribution in [0, 0.1) is 0 Å². The second-order valence-corrected chi connectivity index (χ2v) is 4.74. The van der Waals surface area contributed by atoms with Crippen molar-refractivity contribution >= 4 is 40.6 Å². The van der Waals surface area contributed by atoms with Gasteiger partial charge in [-0.2, -0.15) is 0 Å². The zero-order chi connectivity index (χ0) is 13.4. The first-order valence-electron chi connectivity index (χ1n) is 5.18. The largest absolute Gasteiger partial charge is 0.327 e. The summed E-state index contributed by atoms with van der Waals surface area (Å²) < 4.78 is 0. The van der Waals surface area contributed by atoms with Crippen LogP contribution in [0.4, 0.5) is 5.69 Å². The molecule has 1 aromatic rings. The summed E-state index contributed by atoms with van der Waals surface area (Å²) in [4.78, 5) is 25.0. The maximum absolute atomic E-state index is 11.9. The highest BCUT2D eigenvalue weighted by Gasteiger charge is 2.39. The second-order valence-electron chi connectivity index (χ2n) is 3.93. The van der Waals surface area contributed by atoms with Crippen molar-refractivity contribution in [1.29, 1.82) is 0 Å². The van der Waals surface area contributed by atoms with Gasteiger partial charge in [0.1, 0.15) is 0 Å². The van der Waals surface area contributed by atoms with Crippen LogP contribution >= 0.6 is 23.2 Å². The number of carbonyl (C=O) groups excluding carboxylic acids is 2. The minimum atomic E-state index is -0.658. The number of nitrogens with two attached hydrogens (primary N) is 1. The molecule has 1 aliphatic rings. The summed E-state index contributed by atoms with van der Waals surface area (Å²) in [5, 5.41) is 0.520. The molecule has 0 atom stereocenters. The van der Waals surface area contributed by atoms with Crippen molar-refractivity contribution in [1.82, 2.24) is 0 Å². The molecule has 0 fully saturated rings. The zero-order valence-corrected chi connectivity index (χ0v) is 10.9. The monoisotopic (exact) mass is 284 g/mol. The minimum absolute atomic E-state index is 0.152. The molecule has 0 saturated heterocycles.